The summed E-state index contributed by atoms with van der Waals surface area (Å²) in [5, 5.41) is 3.99. The van der Waals surface area contributed by atoms with E-state index in [1.165, 1.54) is 5.56 Å². The molecule has 2 aromatic carbocycles. The standard InChI is InChI=1S/C21H21N3OS/c1-2-24(16-17-12-14-22-15-13-17)21(26)23-18-8-10-20(11-9-18)25-19-6-4-3-5-7-19/h3-15H,2,16H2,1H3,(H,23,26). The second-order valence-electron chi connectivity index (χ2n) is 5.74. The van der Waals surface area contributed by atoms with Crippen molar-refractivity contribution in [2.24, 2.45) is 0 Å². The van der Waals surface area contributed by atoms with Crippen LogP contribution in [0.25, 0.3) is 0 Å². The highest BCUT2D eigenvalue weighted by Crippen LogP contribution is 2.22. The fourth-order valence-corrected chi connectivity index (χ4v) is 2.78. The summed E-state index contributed by atoms with van der Waals surface area (Å²) in [6.45, 7) is 3.66. The summed E-state index contributed by atoms with van der Waals surface area (Å²) in [7, 11) is 0. The molecule has 1 aromatic heterocycles. The van der Waals surface area contributed by atoms with Crippen molar-refractivity contribution in [2.75, 3.05) is 11.9 Å². The van der Waals surface area contributed by atoms with Crippen molar-refractivity contribution in [2.45, 2.75) is 13.5 Å². The van der Waals surface area contributed by atoms with Crippen molar-refractivity contribution >= 4 is 23.0 Å². The molecule has 1 N–H and O–H groups in total. The van der Waals surface area contributed by atoms with Crippen LogP contribution >= 0.6 is 12.2 Å². The zero-order valence-corrected chi connectivity index (χ0v) is 15.4. The van der Waals surface area contributed by atoms with Gasteiger partial charge in [0.15, 0.2) is 5.11 Å². The van der Waals surface area contributed by atoms with E-state index < -0.39 is 0 Å². The predicted octanol–water partition coefficient (Wildman–Crippen LogP) is 5.09. The fourth-order valence-electron chi connectivity index (χ4n) is 2.47. The molecule has 0 unspecified atom stereocenters. The summed E-state index contributed by atoms with van der Waals surface area (Å²) >= 11 is 5.56. The van der Waals surface area contributed by atoms with Gasteiger partial charge < -0.3 is 15.0 Å². The maximum Gasteiger partial charge on any atom is 0.173 e. The first kappa shape index (κ1) is 17.9. The summed E-state index contributed by atoms with van der Waals surface area (Å²) in [6, 6.07) is 21.5. The Hall–Kier alpha value is -2.92. The van der Waals surface area contributed by atoms with Crippen LogP contribution in [0.2, 0.25) is 0 Å². The van der Waals surface area contributed by atoms with Gasteiger partial charge in [0.1, 0.15) is 11.5 Å². The van der Waals surface area contributed by atoms with Crippen molar-refractivity contribution < 1.29 is 4.74 Å². The van der Waals surface area contributed by atoms with Crippen LogP contribution in [0, 0.1) is 0 Å². The van der Waals surface area contributed by atoms with Crippen LogP contribution in [0.3, 0.4) is 0 Å². The quantitative estimate of drug-likeness (QED) is 0.617. The monoisotopic (exact) mass is 363 g/mol. The fraction of sp³-hybridized carbons (Fsp3) is 0.143. The van der Waals surface area contributed by atoms with Gasteiger partial charge in [-0.25, -0.2) is 0 Å². The van der Waals surface area contributed by atoms with E-state index in [9.17, 15) is 0 Å². The first-order valence-electron chi connectivity index (χ1n) is 8.52. The molecule has 1 heterocycles. The predicted molar refractivity (Wildman–Crippen MR) is 109 cm³/mol. The van der Waals surface area contributed by atoms with E-state index in [0.29, 0.717) is 5.11 Å². The third-order valence-corrected chi connectivity index (χ3v) is 4.24. The number of nitrogens with one attached hydrogen (secondary N) is 1. The minimum atomic E-state index is 0.695. The van der Waals surface area contributed by atoms with Crippen LogP contribution < -0.4 is 10.1 Å². The highest BCUT2D eigenvalue weighted by atomic mass is 32.1. The van der Waals surface area contributed by atoms with Gasteiger partial charge in [-0.15, -0.1) is 0 Å². The van der Waals surface area contributed by atoms with E-state index in [1.54, 1.807) is 12.4 Å². The van der Waals surface area contributed by atoms with Crippen molar-refractivity contribution in [3.8, 4) is 11.5 Å². The third-order valence-electron chi connectivity index (χ3n) is 3.88. The molecule has 0 spiro atoms. The maximum atomic E-state index is 5.81. The van der Waals surface area contributed by atoms with Crippen molar-refractivity contribution in [1.82, 2.24) is 9.88 Å². The van der Waals surface area contributed by atoms with Gasteiger partial charge in [-0.05, 0) is 73.2 Å². The number of para-hydroxylation sites is 1. The molecule has 0 atom stereocenters. The molecule has 4 nitrogen and oxygen atoms in total. The Balaban J connectivity index is 1.59. The number of nitrogens with zero attached hydrogens (tertiary/aromatic N) is 2. The Labute approximate surface area is 159 Å². The van der Waals surface area contributed by atoms with Gasteiger partial charge in [0.25, 0.3) is 0 Å². The van der Waals surface area contributed by atoms with E-state index in [2.05, 4.69) is 22.1 Å². The van der Waals surface area contributed by atoms with E-state index >= 15 is 0 Å². The van der Waals surface area contributed by atoms with Gasteiger partial charge in [0, 0.05) is 31.2 Å². The Bertz CT molecular complexity index is 823. The first-order chi connectivity index (χ1) is 12.7. The summed E-state index contributed by atoms with van der Waals surface area (Å²) < 4.78 is 5.81. The van der Waals surface area contributed by atoms with Crippen LogP contribution in [-0.4, -0.2) is 21.5 Å². The minimum Gasteiger partial charge on any atom is -0.457 e. The lowest BCUT2D eigenvalue weighted by molar-refractivity contribution is 0.442. The number of hydrogen-bond acceptors (Lipinski definition) is 3. The smallest absolute Gasteiger partial charge is 0.173 e. The molecule has 0 aliphatic rings. The minimum absolute atomic E-state index is 0.695. The maximum absolute atomic E-state index is 5.81. The number of aromatic nitrogens is 1. The number of benzene rings is 2. The number of rotatable bonds is 6. The number of ether oxygens (including phenoxy) is 1. The van der Waals surface area contributed by atoms with Gasteiger partial charge in [-0.2, -0.15) is 0 Å². The molecule has 0 aliphatic heterocycles. The molecular formula is C21H21N3OS. The summed E-state index contributed by atoms with van der Waals surface area (Å²) in [5.41, 5.74) is 2.11. The normalized spacial score (nSPS) is 10.2. The highest BCUT2D eigenvalue weighted by molar-refractivity contribution is 7.80. The lowest BCUT2D eigenvalue weighted by Gasteiger charge is -2.24. The zero-order chi connectivity index (χ0) is 18.2. The number of thiocarbonyl (C=S) groups is 1. The van der Waals surface area contributed by atoms with Gasteiger partial charge >= 0.3 is 0 Å². The van der Waals surface area contributed by atoms with Crippen LogP contribution in [0.1, 0.15) is 12.5 Å². The lowest BCUT2D eigenvalue weighted by Crippen LogP contribution is -2.34. The molecule has 0 aliphatic carbocycles. The third kappa shape index (κ3) is 5.04. The van der Waals surface area contributed by atoms with Gasteiger partial charge in [0.2, 0.25) is 0 Å². The summed E-state index contributed by atoms with van der Waals surface area (Å²) in [4.78, 5) is 6.16. The van der Waals surface area contributed by atoms with E-state index in [4.69, 9.17) is 17.0 Å². The second kappa shape index (κ2) is 8.97. The highest BCUT2D eigenvalue weighted by Gasteiger charge is 2.09. The van der Waals surface area contributed by atoms with Crippen LogP contribution in [-0.2, 0) is 6.54 Å². The molecule has 0 saturated heterocycles. The average Bonchev–Trinajstić information content (AvgIpc) is 2.69. The molecule has 26 heavy (non-hydrogen) atoms. The van der Waals surface area contributed by atoms with Crippen LogP contribution in [0.15, 0.2) is 79.1 Å². The number of hydrogen-bond donors (Lipinski definition) is 1. The number of anilines is 1. The molecule has 0 radical (unpaired) electrons. The molecule has 132 valence electrons. The molecule has 0 fully saturated rings. The van der Waals surface area contributed by atoms with Crippen molar-refractivity contribution in [3.05, 3.63) is 84.7 Å². The Kier molecular flexibility index (Phi) is 6.17. The van der Waals surface area contributed by atoms with E-state index in [0.717, 1.165) is 30.3 Å². The molecular weight excluding hydrogens is 342 g/mol. The molecule has 0 saturated carbocycles. The Morgan fingerprint density at radius 2 is 1.62 bits per heavy atom. The molecule has 3 aromatic rings. The van der Waals surface area contributed by atoms with Gasteiger partial charge in [-0.3, -0.25) is 4.98 Å². The summed E-state index contributed by atoms with van der Waals surface area (Å²) in [5.74, 6) is 1.61. The SMILES string of the molecule is CCN(Cc1ccncc1)C(=S)Nc1ccc(Oc2ccccc2)cc1. The lowest BCUT2D eigenvalue weighted by atomic mass is 10.2. The molecule has 0 bridgehead atoms. The molecule has 0 amide bonds. The number of pyridine rings is 1. The Morgan fingerprint density at radius 3 is 2.27 bits per heavy atom. The molecule has 3 rings (SSSR count). The van der Waals surface area contributed by atoms with Crippen molar-refractivity contribution in [3.63, 3.8) is 0 Å². The average molecular weight is 363 g/mol. The first-order valence-corrected chi connectivity index (χ1v) is 8.93. The van der Waals surface area contributed by atoms with E-state index in [1.807, 2.05) is 66.7 Å². The van der Waals surface area contributed by atoms with Gasteiger partial charge in [-0.1, -0.05) is 18.2 Å². The van der Waals surface area contributed by atoms with Crippen LogP contribution in [0.4, 0.5) is 5.69 Å². The van der Waals surface area contributed by atoms with E-state index in [-0.39, 0.29) is 0 Å². The Morgan fingerprint density at radius 1 is 0.962 bits per heavy atom. The second-order valence-corrected chi connectivity index (χ2v) is 6.13. The molecule has 5 heteroatoms. The largest absolute Gasteiger partial charge is 0.457 e. The summed E-state index contributed by atoms with van der Waals surface area (Å²) in [6.07, 6.45) is 3.59. The zero-order valence-electron chi connectivity index (χ0n) is 14.6. The van der Waals surface area contributed by atoms with Gasteiger partial charge in [0.05, 0.1) is 0 Å². The topological polar surface area (TPSA) is 37.4 Å². The van der Waals surface area contributed by atoms with Crippen molar-refractivity contribution in [1.29, 1.82) is 0 Å². The van der Waals surface area contributed by atoms with Crippen LogP contribution in [0.5, 0.6) is 11.5 Å².